The van der Waals surface area contributed by atoms with Gasteiger partial charge in [0.2, 0.25) is 0 Å². The first-order valence-electron chi connectivity index (χ1n) is 7.03. The van der Waals surface area contributed by atoms with E-state index in [1.54, 1.807) is 0 Å². The summed E-state index contributed by atoms with van der Waals surface area (Å²) in [4.78, 5) is 18.6. The first-order valence-corrected chi connectivity index (χ1v) is 7.03. The topological polar surface area (TPSA) is 45.8 Å². The molecule has 0 bridgehead atoms. The van der Waals surface area contributed by atoms with Gasteiger partial charge in [-0.2, -0.15) is 0 Å². The molecule has 0 aliphatic rings. The second kappa shape index (κ2) is 4.85. The zero-order valence-electron chi connectivity index (χ0n) is 12.5. The van der Waals surface area contributed by atoms with Gasteiger partial charge in [0, 0.05) is 0 Å². The second-order valence-corrected chi connectivity index (χ2v) is 6.29. The third kappa shape index (κ3) is 2.59. The van der Waals surface area contributed by atoms with Gasteiger partial charge in [0.05, 0.1) is 17.2 Å². The molecule has 0 saturated heterocycles. The average molecular weight is 278 g/mol. The molecule has 0 amide bonds. The molecule has 3 aromatic rings. The van der Waals surface area contributed by atoms with Crippen LogP contribution in [0.25, 0.3) is 22.0 Å². The van der Waals surface area contributed by atoms with E-state index in [9.17, 15) is 4.79 Å². The van der Waals surface area contributed by atoms with E-state index in [1.165, 1.54) is 11.9 Å². The Bertz CT molecular complexity index is 839. The predicted octanol–water partition coefficient (Wildman–Crippen LogP) is 3.89. The summed E-state index contributed by atoms with van der Waals surface area (Å²) in [5.74, 6) is 0. The fraction of sp³-hybridized carbons (Fsp3) is 0.222. The molecule has 2 aromatic carbocycles. The van der Waals surface area contributed by atoms with Gasteiger partial charge in [-0.05, 0) is 34.2 Å². The van der Waals surface area contributed by atoms with Crippen molar-refractivity contribution in [1.82, 2.24) is 9.97 Å². The van der Waals surface area contributed by atoms with Gasteiger partial charge in [-0.15, -0.1) is 0 Å². The molecule has 1 N–H and O–H groups in total. The third-order valence-electron chi connectivity index (χ3n) is 3.72. The van der Waals surface area contributed by atoms with E-state index in [-0.39, 0.29) is 11.0 Å². The van der Waals surface area contributed by atoms with Crippen LogP contribution in [0.3, 0.4) is 0 Å². The van der Waals surface area contributed by atoms with Crippen molar-refractivity contribution in [2.45, 2.75) is 26.2 Å². The maximum atomic E-state index is 11.9. The molecule has 0 aliphatic heterocycles. The number of hydrogen-bond donors (Lipinski definition) is 1. The molecule has 0 radical (unpaired) electrons. The lowest BCUT2D eigenvalue weighted by Crippen LogP contribution is -2.10. The molecule has 0 spiro atoms. The van der Waals surface area contributed by atoms with E-state index in [4.69, 9.17) is 0 Å². The van der Waals surface area contributed by atoms with Crippen LogP contribution in [0.5, 0.6) is 0 Å². The van der Waals surface area contributed by atoms with Crippen molar-refractivity contribution in [2.75, 3.05) is 0 Å². The molecule has 0 fully saturated rings. The predicted molar refractivity (Wildman–Crippen MR) is 86.5 cm³/mol. The number of H-pyrrole nitrogens is 1. The highest BCUT2D eigenvalue weighted by atomic mass is 16.1. The second-order valence-electron chi connectivity index (χ2n) is 6.29. The Morgan fingerprint density at radius 3 is 2.29 bits per heavy atom. The number of hydrogen-bond acceptors (Lipinski definition) is 2. The van der Waals surface area contributed by atoms with Gasteiger partial charge in [0.15, 0.2) is 0 Å². The Morgan fingerprint density at radius 2 is 1.62 bits per heavy atom. The number of benzene rings is 2. The highest BCUT2D eigenvalue weighted by Crippen LogP contribution is 2.27. The molecular weight excluding hydrogens is 260 g/mol. The molecule has 1 aromatic heterocycles. The largest absolute Gasteiger partial charge is 0.313 e. The van der Waals surface area contributed by atoms with Crippen LogP contribution in [0.2, 0.25) is 0 Å². The molecule has 1 heterocycles. The number of nitrogens with one attached hydrogen (secondary N) is 1. The minimum absolute atomic E-state index is 0.104. The Hall–Kier alpha value is -2.42. The summed E-state index contributed by atoms with van der Waals surface area (Å²) in [7, 11) is 0. The number of fused-ring (bicyclic) bond motifs is 1. The number of aromatic nitrogens is 2. The lowest BCUT2D eigenvalue weighted by Gasteiger charge is -2.19. The van der Waals surface area contributed by atoms with Crippen molar-refractivity contribution in [3.63, 3.8) is 0 Å². The van der Waals surface area contributed by atoms with E-state index in [0.717, 1.165) is 11.1 Å². The lowest BCUT2D eigenvalue weighted by atomic mass is 9.86. The van der Waals surface area contributed by atoms with Crippen LogP contribution in [0, 0.1) is 0 Å². The summed E-state index contributed by atoms with van der Waals surface area (Å²) in [6.45, 7) is 6.59. The summed E-state index contributed by atoms with van der Waals surface area (Å²) in [5.41, 5.74) is 4.19. The van der Waals surface area contributed by atoms with Crippen LogP contribution >= 0.6 is 0 Å². The van der Waals surface area contributed by atoms with Gasteiger partial charge < -0.3 is 4.98 Å². The molecular formula is C18H18N2O. The first kappa shape index (κ1) is 13.6. The van der Waals surface area contributed by atoms with Crippen LogP contribution in [-0.4, -0.2) is 9.97 Å². The van der Waals surface area contributed by atoms with E-state index in [2.05, 4.69) is 55.0 Å². The van der Waals surface area contributed by atoms with Gasteiger partial charge in [0.25, 0.3) is 5.56 Å². The molecule has 0 atom stereocenters. The van der Waals surface area contributed by atoms with Crippen molar-refractivity contribution in [3.8, 4) is 11.1 Å². The monoisotopic (exact) mass is 278 g/mol. The van der Waals surface area contributed by atoms with Crippen LogP contribution in [0.4, 0.5) is 0 Å². The summed E-state index contributed by atoms with van der Waals surface area (Å²) in [6, 6.07) is 14.3. The van der Waals surface area contributed by atoms with Crippen LogP contribution in [-0.2, 0) is 5.41 Å². The Balaban J connectivity index is 2.08. The normalized spacial score (nSPS) is 11.8. The average Bonchev–Trinajstić information content (AvgIpc) is 2.47. The van der Waals surface area contributed by atoms with Crippen LogP contribution in [0.15, 0.2) is 53.6 Å². The molecule has 106 valence electrons. The number of aromatic amines is 1. The van der Waals surface area contributed by atoms with Crippen molar-refractivity contribution >= 4 is 10.9 Å². The van der Waals surface area contributed by atoms with E-state index < -0.39 is 0 Å². The lowest BCUT2D eigenvalue weighted by molar-refractivity contribution is 0.590. The highest BCUT2D eigenvalue weighted by molar-refractivity contribution is 5.83. The number of rotatable bonds is 1. The first-order chi connectivity index (χ1) is 9.95. The van der Waals surface area contributed by atoms with Gasteiger partial charge in [-0.3, -0.25) is 4.79 Å². The molecule has 0 saturated carbocycles. The smallest absolute Gasteiger partial charge is 0.258 e. The fourth-order valence-electron chi connectivity index (χ4n) is 2.41. The molecule has 3 nitrogen and oxygen atoms in total. The summed E-state index contributed by atoms with van der Waals surface area (Å²) in [5, 5.41) is 0.620. The maximum absolute atomic E-state index is 11.9. The van der Waals surface area contributed by atoms with Gasteiger partial charge >= 0.3 is 0 Å². The fourth-order valence-corrected chi connectivity index (χ4v) is 2.41. The Morgan fingerprint density at radius 1 is 0.952 bits per heavy atom. The molecule has 0 unspecified atom stereocenters. The van der Waals surface area contributed by atoms with E-state index >= 15 is 0 Å². The third-order valence-corrected chi connectivity index (χ3v) is 3.72. The summed E-state index contributed by atoms with van der Waals surface area (Å²) in [6.07, 6.45) is 1.43. The molecule has 3 rings (SSSR count). The standard InChI is InChI=1S/C18H18N2O/c1-18(2,3)14-7-4-12(5-8-14)13-6-9-16-15(10-13)17(21)20-11-19-16/h4-11H,1-3H3,(H,19,20,21). The van der Waals surface area contributed by atoms with Crippen molar-refractivity contribution < 1.29 is 0 Å². The van der Waals surface area contributed by atoms with Crippen molar-refractivity contribution in [2.24, 2.45) is 0 Å². The quantitative estimate of drug-likeness (QED) is 0.734. The van der Waals surface area contributed by atoms with E-state index in [0.29, 0.717) is 10.9 Å². The Kier molecular flexibility index (Phi) is 3.13. The SMILES string of the molecule is CC(C)(C)c1ccc(-c2ccc3nc[nH]c(=O)c3c2)cc1. The van der Waals surface area contributed by atoms with Crippen molar-refractivity contribution in [3.05, 3.63) is 64.7 Å². The van der Waals surface area contributed by atoms with Gasteiger partial charge in [-0.1, -0.05) is 51.1 Å². The summed E-state index contributed by atoms with van der Waals surface area (Å²) < 4.78 is 0. The minimum atomic E-state index is -0.104. The maximum Gasteiger partial charge on any atom is 0.258 e. The molecule has 21 heavy (non-hydrogen) atoms. The molecule has 0 aliphatic carbocycles. The zero-order chi connectivity index (χ0) is 15.0. The van der Waals surface area contributed by atoms with Crippen molar-refractivity contribution in [1.29, 1.82) is 0 Å². The minimum Gasteiger partial charge on any atom is -0.313 e. The molecule has 3 heteroatoms. The van der Waals surface area contributed by atoms with E-state index in [1.807, 2.05) is 18.2 Å². The number of nitrogens with zero attached hydrogens (tertiary/aromatic N) is 1. The Labute approximate surface area is 123 Å². The zero-order valence-corrected chi connectivity index (χ0v) is 12.5. The summed E-state index contributed by atoms with van der Waals surface area (Å²) >= 11 is 0. The van der Waals surface area contributed by atoms with Crippen LogP contribution in [0.1, 0.15) is 26.3 Å². The van der Waals surface area contributed by atoms with Gasteiger partial charge in [0.1, 0.15) is 0 Å². The highest BCUT2D eigenvalue weighted by Gasteiger charge is 2.13. The van der Waals surface area contributed by atoms with Crippen LogP contribution < -0.4 is 5.56 Å². The van der Waals surface area contributed by atoms with Gasteiger partial charge in [-0.25, -0.2) is 4.98 Å².